The summed E-state index contributed by atoms with van der Waals surface area (Å²) in [7, 11) is 0. The molecule has 0 aliphatic carbocycles. The van der Waals surface area contributed by atoms with Crippen LogP contribution in [-0.4, -0.2) is 6.61 Å². The number of benzene rings is 1. The standard InChI is InChI=1S/C9H10BrO/c1-2-6-11-9-5-3-4-8(10)7-9/h3-5,7H,1-2,6H2. The van der Waals surface area contributed by atoms with Crippen LogP contribution in [0.3, 0.4) is 0 Å². The van der Waals surface area contributed by atoms with Gasteiger partial charge in [0.1, 0.15) is 5.75 Å². The molecule has 0 bridgehead atoms. The van der Waals surface area contributed by atoms with Crippen LogP contribution in [0.25, 0.3) is 0 Å². The van der Waals surface area contributed by atoms with Crippen LogP contribution in [0.2, 0.25) is 0 Å². The monoisotopic (exact) mass is 213 g/mol. The van der Waals surface area contributed by atoms with Gasteiger partial charge in [0.25, 0.3) is 0 Å². The highest BCUT2D eigenvalue weighted by atomic mass is 79.9. The largest absolute Gasteiger partial charge is 0.494 e. The third-order valence-corrected chi connectivity index (χ3v) is 1.70. The predicted octanol–water partition coefficient (Wildman–Crippen LogP) is 3.05. The summed E-state index contributed by atoms with van der Waals surface area (Å²) in [5.41, 5.74) is 0. The van der Waals surface area contributed by atoms with Gasteiger partial charge in [-0.15, -0.1) is 0 Å². The Bertz CT molecular complexity index is 223. The Morgan fingerprint density at radius 1 is 1.45 bits per heavy atom. The molecule has 0 fully saturated rings. The highest BCUT2D eigenvalue weighted by Gasteiger charge is 1.91. The fraction of sp³-hybridized carbons (Fsp3) is 0.222. The highest BCUT2D eigenvalue weighted by Crippen LogP contribution is 2.17. The summed E-state index contributed by atoms with van der Waals surface area (Å²) in [5.74, 6) is 0.892. The normalized spacial score (nSPS) is 9.64. The lowest BCUT2D eigenvalue weighted by Gasteiger charge is -2.03. The van der Waals surface area contributed by atoms with E-state index in [1.165, 1.54) is 0 Å². The zero-order chi connectivity index (χ0) is 8.10. The second-order valence-electron chi connectivity index (χ2n) is 2.16. The molecule has 0 unspecified atom stereocenters. The minimum Gasteiger partial charge on any atom is -0.494 e. The molecule has 1 rings (SSSR count). The number of rotatable bonds is 3. The van der Waals surface area contributed by atoms with E-state index < -0.39 is 0 Å². The average molecular weight is 214 g/mol. The van der Waals surface area contributed by atoms with Gasteiger partial charge in [-0.25, -0.2) is 0 Å². The maximum Gasteiger partial charge on any atom is 0.120 e. The highest BCUT2D eigenvalue weighted by molar-refractivity contribution is 9.10. The molecule has 0 aliphatic heterocycles. The first-order valence-corrected chi connectivity index (χ1v) is 4.30. The number of halogens is 1. The molecule has 0 saturated carbocycles. The smallest absolute Gasteiger partial charge is 0.120 e. The van der Waals surface area contributed by atoms with Crippen LogP contribution in [0.15, 0.2) is 28.7 Å². The molecule has 0 N–H and O–H groups in total. The fourth-order valence-corrected chi connectivity index (χ4v) is 1.13. The third kappa shape index (κ3) is 2.93. The SMILES string of the molecule is [CH2]CCOc1cccc(Br)c1. The van der Waals surface area contributed by atoms with Crippen molar-refractivity contribution in [3.63, 3.8) is 0 Å². The Morgan fingerprint density at radius 3 is 2.91 bits per heavy atom. The Labute approximate surface area is 75.5 Å². The predicted molar refractivity (Wildman–Crippen MR) is 49.6 cm³/mol. The van der Waals surface area contributed by atoms with Crippen molar-refractivity contribution in [2.45, 2.75) is 6.42 Å². The van der Waals surface area contributed by atoms with Gasteiger partial charge >= 0.3 is 0 Å². The molecule has 0 aromatic heterocycles. The molecule has 59 valence electrons. The average Bonchev–Trinajstić information content (AvgIpc) is 2.01. The molecule has 0 amide bonds. The second-order valence-corrected chi connectivity index (χ2v) is 3.08. The van der Waals surface area contributed by atoms with Crippen molar-refractivity contribution in [3.05, 3.63) is 35.7 Å². The maximum atomic E-state index is 5.34. The summed E-state index contributed by atoms with van der Waals surface area (Å²) >= 11 is 3.36. The molecule has 0 saturated heterocycles. The van der Waals surface area contributed by atoms with Crippen LogP contribution in [-0.2, 0) is 0 Å². The topological polar surface area (TPSA) is 9.23 Å². The summed E-state index contributed by atoms with van der Waals surface area (Å²) in [6.07, 6.45) is 0.798. The number of ether oxygens (including phenoxy) is 1. The van der Waals surface area contributed by atoms with Gasteiger partial charge in [0.2, 0.25) is 0 Å². The van der Waals surface area contributed by atoms with E-state index in [-0.39, 0.29) is 0 Å². The van der Waals surface area contributed by atoms with Gasteiger partial charge < -0.3 is 4.74 Å². The lowest BCUT2D eigenvalue weighted by molar-refractivity contribution is 0.324. The molecule has 2 heteroatoms. The molecule has 1 aromatic carbocycles. The Balaban J connectivity index is 2.56. The number of hydrogen-bond donors (Lipinski definition) is 0. The first-order valence-electron chi connectivity index (χ1n) is 3.50. The minimum atomic E-state index is 0.677. The van der Waals surface area contributed by atoms with Gasteiger partial charge in [0.15, 0.2) is 0 Å². The Kier molecular flexibility index (Phi) is 3.43. The van der Waals surface area contributed by atoms with E-state index in [2.05, 4.69) is 22.9 Å². The molecule has 11 heavy (non-hydrogen) atoms. The van der Waals surface area contributed by atoms with Crippen molar-refractivity contribution in [2.75, 3.05) is 6.61 Å². The summed E-state index contributed by atoms with van der Waals surface area (Å²) < 4.78 is 6.38. The van der Waals surface area contributed by atoms with Crippen LogP contribution >= 0.6 is 15.9 Å². The van der Waals surface area contributed by atoms with Gasteiger partial charge in [0, 0.05) is 4.47 Å². The minimum absolute atomic E-state index is 0.677. The summed E-state index contributed by atoms with van der Waals surface area (Å²) in [5, 5.41) is 0. The zero-order valence-electron chi connectivity index (χ0n) is 6.22. The lowest BCUT2D eigenvalue weighted by Crippen LogP contribution is -1.94. The summed E-state index contributed by atoms with van der Waals surface area (Å²) in [4.78, 5) is 0. The quantitative estimate of drug-likeness (QED) is 0.751. The van der Waals surface area contributed by atoms with E-state index in [9.17, 15) is 0 Å². The first kappa shape index (κ1) is 8.60. The van der Waals surface area contributed by atoms with Gasteiger partial charge in [-0.1, -0.05) is 22.0 Å². The van der Waals surface area contributed by atoms with E-state index >= 15 is 0 Å². The van der Waals surface area contributed by atoms with E-state index in [0.29, 0.717) is 6.61 Å². The van der Waals surface area contributed by atoms with E-state index in [0.717, 1.165) is 16.6 Å². The van der Waals surface area contributed by atoms with E-state index in [1.54, 1.807) is 0 Å². The molecule has 0 aliphatic rings. The van der Waals surface area contributed by atoms with Crippen LogP contribution < -0.4 is 4.74 Å². The van der Waals surface area contributed by atoms with Crippen molar-refractivity contribution in [1.29, 1.82) is 0 Å². The molecule has 1 nitrogen and oxygen atoms in total. The van der Waals surface area contributed by atoms with Crippen LogP contribution in [0, 0.1) is 6.92 Å². The van der Waals surface area contributed by atoms with E-state index in [1.807, 2.05) is 24.3 Å². The molecule has 0 heterocycles. The van der Waals surface area contributed by atoms with Crippen molar-refractivity contribution >= 4 is 15.9 Å². The van der Waals surface area contributed by atoms with Crippen molar-refractivity contribution in [3.8, 4) is 5.75 Å². The summed E-state index contributed by atoms with van der Waals surface area (Å²) in [6, 6.07) is 7.79. The Morgan fingerprint density at radius 2 is 2.27 bits per heavy atom. The molecule has 0 atom stereocenters. The van der Waals surface area contributed by atoms with Crippen LogP contribution in [0.4, 0.5) is 0 Å². The second kappa shape index (κ2) is 4.39. The molecular weight excluding hydrogens is 204 g/mol. The van der Waals surface area contributed by atoms with Gasteiger partial charge in [0.05, 0.1) is 6.61 Å². The number of hydrogen-bond acceptors (Lipinski definition) is 1. The van der Waals surface area contributed by atoms with Gasteiger partial charge in [-0.3, -0.25) is 0 Å². The third-order valence-electron chi connectivity index (χ3n) is 1.21. The van der Waals surface area contributed by atoms with Crippen LogP contribution in [0.5, 0.6) is 5.75 Å². The van der Waals surface area contributed by atoms with Crippen molar-refractivity contribution in [2.24, 2.45) is 0 Å². The first-order chi connectivity index (χ1) is 5.33. The molecule has 0 spiro atoms. The Hall–Kier alpha value is -0.500. The van der Waals surface area contributed by atoms with Crippen molar-refractivity contribution in [1.82, 2.24) is 0 Å². The van der Waals surface area contributed by atoms with E-state index in [4.69, 9.17) is 4.74 Å². The van der Waals surface area contributed by atoms with Crippen LogP contribution in [0.1, 0.15) is 6.42 Å². The zero-order valence-corrected chi connectivity index (χ0v) is 7.80. The van der Waals surface area contributed by atoms with Crippen molar-refractivity contribution < 1.29 is 4.74 Å². The molecular formula is C9H10BrO. The van der Waals surface area contributed by atoms with Gasteiger partial charge in [-0.05, 0) is 31.5 Å². The summed E-state index contributed by atoms with van der Waals surface area (Å²) in [6.45, 7) is 4.36. The molecule has 1 radical (unpaired) electrons. The van der Waals surface area contributed by atoms with Gasteiger partial charge in [-0.2, -0.15) is 0 Å². The fourth-order valence-electron chi connectivity index (χ4n) is 0.747. The molecule has 1 aromatic rings. The lowest BCUT2D eigenvalue weighted by atomic mass is 10.3. The maximum absolute atomic E-state index is 5.34.